The summed E-state index contributed by atoms with van der Waals surface area (Å²) in [5.41, 5.74) is 1.16. The van der Waals surface area contributed by atoms with E-state index in [1.165, 1.54) is 4.57 Å². The van der Waals surface area contributed by atoms with Crippen molar-refractivity contribution in [1.82, 2.24) is 19.5 Å². The van der Waals surface area contributed by atoms with Crippen LogP contribution in [0, 0.1) is 0 Å². The Labute approximate surface area is 161 Å². The van der Waals surface area contributed by atoms with E-state index in [4.69, 9.17) is 0 Å². The average molecular weight is 381 g/mol. The average Bonchev–Trinajstić information content (AvgIpc) is 2.96. The SMILES string of the molecule is CCC(=O)Nc1ccc2nc3c(=O)n(C4CCCCCC4)c(=O)[nH]c3nc2c1. The van der Waals surface area contributed by atoms with Gasteiger partial charge in [0, 0.05) is 18.2 Å². The Kier molecular flexibility index (Phi) is 4.93. The first-order chi connectivity index (χ1) is 13.6. The summed E-state index contributed by atoms with van der Waals surface area (Å²) in [5, 5.41) is 2.77. The molecule has 1 saturated carbocycles. The summed E-state index contributed by atoms with van der Waals surface area (Å²) >= 11 is 0. The summed E-state index contributed by atoms with van der Waals surface area (Å²) in [7, 11) is 0. The van der Waals surface area contributed by atoms with Crippen molar-refractivity contribution in [2.45, 2.75) is 57.9 Å². The lowest BCUT2D eigenvalue weighted by Crippen LogP contribution is -2.38. The fourth-order valence-electron chi connectivity index (χ4n) is 3.83. The zero-order chi connectivity index (χ0) is 19.7. The molecule has 0 unspecified atom stereocenters. The van der Waals surface area contributed by atoms with Crippen molar-refractivity contribution in [2.75, 3.05) is 5.32 Å². The zero-order valence-corrected chi connectivity index (χ0v) is 15.8. The third-order valence-corrected chi connectivity index (χ3v) is 5.32. The first kappa shape index (κ1) is 18.3. The minimum atomic E-state index is -0.437. The molecule has 0 spiro atoms. The van der Waals surface area contributed by atoms with Crippen LogP contribution in [0.4, 0.5) is 5.69 Å². The maximum atomic E-state index is 13.0. The molecule has 0 aliphatic heterocycles. The second kappa shape index (κ2) is 7.53. The molecule has 1 fully saturated rings. The van der Waals surface area contributed by atoms with Crippen molar-refractivity contribution in [1.29, 1.82) is 0 Å². The third kappa shape index (κ3) is 3.42. The molecule has 3 aromatic rings. The van der Waals surface area contributed by atoms with Gasteiger partial charge in [0.2, 0.25) is 5.91 Å². The van der Waals surface area contributed by atoms with Gasteiger partial charge in [-0.1, -0.05) is 32.6 Å². The van der Waals surface area contributed by atoms with Gasteiger partial charge in [-0.2, -0.15) is 0 Å². The van der Waals surface area contributed by atoms with E-state index in [1.54, 1.807) is 25.1 Å². The van der Waals surface area contributed by atoms with E-state index < -0.39 is 5.69 Å². The fraction of sp³-hybridized carbons (Fsp3) is 0.450. The van der Waals surface area contributed by atoms with Crippen LogP contribution in [0.2, 0.25) is 0 Å². The molecule has 0 saturated heterocycles. The molecule has 0 bridgehead atoms. The fourth-order valence-corrected chi connectivity index (χ4v) is 3.83. The number of rotatable bonds is 3. The number of benzene rings is 1. The van der Waals surface area contributed by atoms with Gasteiger partial charge >= 0.3 is 5.69 Å². The first-order valence-corrected chi connectivity index (χ1v) is 9.83. The Morgan fingerprint density at radius 1 is 1.14 bits per heavy atom. The van der Waals surface area contributed by atoms with Crippen molar-refractivity contribution in [3.05, 3.63) is 39.0 Å². The van der Waals surface area contributed by atoms with E-state index in [9.17, 15) is 14.4 Å². The smallest absolute Gasteiger partial charge is 0.326 e. The largest absolute Gasteiger partial charge is 0.330 e. The van der Waals surface area contributed by atoms with Crippen molar-refractivity contribution < 1.29 is 4.79 Å². The zero-order valence-electron chi connectivity index (χ0n) is 15.8. The number of carbonyl (C=O) groups excluding carboxylic acids is 1. The maximum absolute atomic E-state index is 13.0. The lowest BCUT2D eigenvalue weighted by atomic mass is 10.1. The van der Waals surface area contributed by atoms with Crippen LogP contribution in [-0.2, 0) is 4.79 Å². The van der Waals surface area contributed by atoms with Crippen LogP contribution in [0.5, 0.6) is 0 Å². The molecule has 0 atom stereocenters. The predicted molar refractivity (Wildman–Crippen MR) is 108 cm³/mol. The molecule has 2 aromatic heterocycles. The number of amides is 1. The van der Waals surface area contributed by atoms with Gasteiger partial charge < -0.3 is 5.32 Å². The highest BCUT2D eigenvalue weighted by Gasteiger charge is 2.20. The highest BCUT2D eigenvalue weighted by Crippen LogP contribution is 2.25. The van der Waals surface area contributed by atoms with Crippen molar-refractivity contribution >= 4 is 33.8 Å². The van der Waals surface area contributed by atoms with Crippen LogP contribution in [0.3, 0.4) is 0 Å². The van der Waals surface area contributed by atoms with Gasteiger partial charge in [0.05, 0.1) is 11.0 Å². The minimum Gasteiger partial charge on any atom is -0.326 e. The van der Waals surface area contributed by atoms with Crippen LogP contribution < -0.4 is 16.6 Å². The van der Waals surface area contributed by atoms with E-state index in [0.29, 0.717) is 23.1 Å². The molecule has 0 radical (unpaired) electrons. The van der Waals surface area contributed by atoms with E-state index in [1.807, 2.05) is 0 Å². The summed E-state index contributed by atoms with van der Waals surface area (Å²) in [6.45, 7) is 1.77. The lowest BCUT2D eigenvalue weighted by Gasteiger charge is -2.16. The Morgan fingerprint density at radius 2 is 1.89 bits per heavy atom. The summed E-state index contributed by atoms with van der Waals surface area (Å²) in [6, 6.07) is 5.04. The number of nitrogens with one attached hydrogen (secondary N) is 2. The second-order valence-corrected chi connectivity index (χ2v) is 7.28. The van der Waals surface area contributed by atoms with E-state index >= 15 is 0 Å². The summed E-state index contributed by atoms with van der Waals surface area (Å²) in [5.74, 6) is -0.104. The molecule has 8 nitrogen and oxygen atoms in total. The van der Waals surface area contributed by atoms with Gasteiger partial charge in [-0.3, -0.25) is 19.1 Å². The predicted octanol–water partition coefficient (Wildman–Crippen LogP) is 2.88. The van der Waals surface area contributed by atoms with Crippen molar-refractivity contribution in [2.24, 2.45) is 0 Å². The standard InChI is InChI=1S/C20H23N5O3/c1-2-16(26)21-12-9-10-14-15(11-12)23-18-17(22-14)19(27)25(20(28)24-18)13-7-5-3-4-6-8-13/h9-11,13H,2-8H2,1H3,(H,21,26)(H,23,24,28). The number of fused-ring (bicyclic) bond motifs is 2. The number of nitrogens with zero attached hydrogens (tertiary/aromatic N) is 3. The number of H-pyrrole nitrogens is 1. The van der Waals surface area contributed by atoms with Crippen LogP contribution in [-0.4, -0.2) is 25.4 Å². The molecular formula is C20H23N5O3. The van der Waals surface area contributed by atoms with E-state index in [-0.39, 0.29) is 28.7 Å². The minimum absolute atomic E-state index is 0.0905. The van der Waals surface area contributed by atoms with Crippen LogP contribution >= 0.6 is 0 Å². The van der Waals surface area contributed by atoms with Crippen molar-refractivity contribution in [3.63, 3.8) is 0 Å². The molecule has 2 heterocycles. The molecule has 1 aromatic carbocycles. The molecule has 1 aliphatic rings. The Hall–Kier alpha value is -3.03. The summed E-state index contributed by atoms with van der Waals surface area (Å²) in [6.07, 6.45) is 6.34. The van der Waals surface area contributed by atoms with Gasteiger partial charge in [0.25, 0.3) is 5.56 Å². The molecule has 8 heteroatoms. The number of aromatic amines is 1. The summed E-state index contributed by atoms with van der Waals surface area (Å²) < 4.78 is 1.32. The molecule has 1 amide bonds. The monoisotopic (exact) mass is 381 g/mol. The quantitative estimate of drug-likeness (QED) is 0.535. The Balaban J connectivity index is 1.83. The van der Waals surface area contributed by atoms with Crippen LogP contribution in [0.1, 0.15) is 57.9 Å². The Morgan fingerprint density at radius 3 is 2.61 bits per heavy atom. The number of anilines is 1. The number of aromatic nitrogens is 4. The topological polar surface area (TPSA) is 110 Å². The molecule has 146 valence electrons. The number of carbonyl (C=O) groups is 1. The number of hydrogen-bond donors (Lipinski definition) is 2. The molecule has 2 N–H and O–H groups in total. The molecular weight excluding hydrogens is 358 g/mol. The van der Waals surface area contributed by atoms with E-state index in [2.05, 4.69) is 20.3 Å². The van der Waals surface area contributed by atoms with Crippen LogP contribution in [0.25, 0.3) is 22.2 Å². The van der Waals surface area contributed by atoms with Gasteiger partial charge in [0.15, 0.2) is 11.2 Å². The maximum Gasteiger partial charge on any atom is 0.330 e. The Bertz CT molecular complexity index is 1160. The lowest BCUT2D eigenvalue weighted by molar-refractivity contribution is -0.115. The van der Waals surface area contributed by atoms with Crippen molar-refractivity contribution in [3.8, 4) is 0 Å². The second-order valence-electron chi connectivity index (χ2n) is 7.28. The van der Waals surface area contributed by atoms with Gasteiger partial charge in [-0.15, -0.1) is 0 Å². The number of hydrogen-bond acceptors (Lipinski definition) is 5. The van der Waals surface area contributed by atoms with Gasteiger partial charge in [-0.05, 0) is 31.0 Å². The van der Waals surface area contributed by atoms with Gasteiger partial charge in [0.1, 0.15) is 0 Å². The molecule has 4 rings (SSSR count). The first-order valence-electron chi connectivity index (χ1n) is 9.83. The summed E-state index contributed by atoms with van der Waals surface area (Å²) in [4.78, 5) is 48.9. The van der Waals surface area contributed by atoms with Crippen LogP contribution in [0.15, 0.2) is 27.8 Å². The van der Waals surface area contributed by atoms with Gasteiger partial charge in [-0.25, -0.2) is 14.8 Å². The molecule has 1 aliphatic carbocycles. The highest BCUT2D eigenvalue weighted by atomic mass is 16.2. The highest BCUT2D eigenvalue weighted by molar-refractivity contribution is 5.93. The molecule has 28 heavy (non-hydrogen) atoms. The normalized spacial score (nSPS) is 15.6. The third-order valence-electron chi connectivity index (χ3n) is 5.32. The van der Waals surface area contributed by atoms with E-state index in [0.717, 1.165) is 38.5 Å².